The van der Waals surface area contributed by atoms with Crippen LogP contribution in [0.15, 0.2) is 47.4 Å². The van der Waals surface area contributed by atoms with E-state index in [0.717, 1.165) is 30.3 Å². The molecule has 0 aliphatic carbocycles. The van der Waals surface area contributed by atoms with Crippen molar-refractivity contribution >= 4 is 15.7 Å². The standard InChI is InChI=1S/C17H15F3N2O5S/c18-17(19,20)12-4-3-5-13(10-12)27-16-7-6-14(11-15(16)22(23)24)28(25,26)21-8-1-2-9-21/h3-7,10-11H,1-2,8-9H2. The fourth-order valence-electron chi connectivity index (χ4n) is 2.83. The highest BCUT2D eigenvalue weighted by atomic mass is 32.2. The smallest absolute Gasteiger partial charge is 0.416 e. The van der Waals surface area contributed by atoms with E-state index in [0.29, 0.717) is 32.0 Å². The summed E-state index contributed by atoms with van der Waals surface area (Å²) in [5, 5.41) is 11.4. The molecule has 1 aliphatic heterocycles. The van der Waals surface area contributed by atoms with E-state index in [2.05, 4.69) is 0 Å². The van der Waals surface area contributed by atoms with Crippen molar-refractivity contribution in [2.75, 3.05) is 13.1 Å². The SMILES string of the molecule is O=[N+]([O-])c1cc(S(=O)(=O)N2CCCC2)ccc1Oc1cccc(C(F)(F)F)c1. The largest absolute Gasteiger partial charge is 0.450 e. The number of nitrogens with zero attached hydrogens (tertiary/aromatic N) is 2. The minimum atomic E-state index is -4.60. The Morgan fingerprint density at radius 3 is 2.36 bits per heavy atom. The summed E-state index contributed by atoms with van der Waals surface area (Å²) < 4.78 is 70.1. The predicted octanol–water partition coefficient (Wildman–Crippen LogP) is 4.19. The fraction of sp³-hybridized carbons (Fsp3) is 0.294. The summed E-state index contributed by atoms with van der Waals surface area (Å²) in [6.07, 6.45) is -3.19. The van der Waals surface area contributed by atoms with Crippen LogP contribution in [0.3, 0.4) is 0 Å². The van der Waals surface area contributed by atoms with Crippen LogP contribution in [0.25, 0.3) is 0 Å². The highest BCUT2D eigenvalue weighted by Crippen LogP contribution is 2.37. The third-order valence-electron chi connectivity index (χ3n) is 4.22. The Morgan fingerprint density at radius 1 is 1.07 bits per heavy atom. The van der Waals surface area contributed by atoms with Gasteiger partial charge in [0.1, 0.15) is 5.75 Å². The zero-order chi connectivity index (χ0) is 20.5. The monoisotopic (exact) mass is 416 g/mol. The van der Waals surface area contributed by atoms with Crippen LogP contribution >= 0.6 is 0 Å². The second-order valence-corrected chi connectivity index (χ2v) is 8.06. The number of alkyl halides is 3. The fourth-order valence-corrected chi connectivity index (χ4v) is 4.36. The summed E-state index contributed by atoms with van der Waals surface area (Å²) in [5.41, 5.74) is -1.63. The van der Waals surface area contributed by atoms with Gasteiger partial charge in [-0.05, 0) is 43.2 Å². The second kappa shape index (κ2) is 7.40. The lowest BCUT2D eigenvalue weighted by Gasteiger charge is -2.16. The first-order valence-electron chi connectivity index (χ1n) is 8.23. The van der Waals surface area contributed by atoms with Crippen molar-refractivity contribution < 1.29 is 31.2 Å². The van der Waals surface area contributed by atoms with Gasteiger partial charge in [-0.3, -0.25) is 10.1 Å². The van der Waals surface area contributed by atoms with E-state index in [9.17, 15) is 31.7 Å². The lowest BCUT2D eigenvalue weighted by Crippen LogP contribution is -2.27. The van der Waals surface area contributed by atoms with Crippen molar-refractivity contribution in [1.29, 1.82) is 0 Å². The van der Waals surface area contributed by atoms with Gasteiger partial charge in [0.2, 0.25) is 15.8 Å². The van der Waals surface area contributed by atoms with Gasteiger partial charge < -0.3 is 4.74 Å². The Kier molecular flexibility index (Phi) is 5.31. The number of rotatable bonds is 5. The zero-order valence-electron chi connectivity index (χ0n) is 14.3. The maximum atomic E-state index is 12.8. The van der Waals surface area contributed by atoms with Gasteiger partial charge in [-0.15, -0.1) is 0 Å². The molecule has 0 radical (unpaired) electrons. The minimum Gasteiger partial charge on any atom is -0.450 e. The number of hydrogen-bond donors (Lipinski definition) is 0. The van der Waals surface area contributed by atoms with Gasteiger partial charge in [0.15, 0.2) is 0 Å². The Balaban J connectivity index is 1.96. The molecule has 0 atom stereocenters. The molecule has 3 rings (SSSR count). The van der Waals surface area contributed by atoms with Crippen LogP contribution in [0.1, 0.15) is 18.4 Å². The van der Waals surface area contributed by atoms with E-state index in [1.807, 2.05) is 0 Å². The van der Waals surface area contributed by atoms with Crippen LogP contribution in [0, 0.1) is 10.1 Å². The van der Waals surface area contributed by atoms with Gasteiger partial charge in [0.25, 0.3) is 0 Å². The average Bonchev–Trinajstić information content (AvgIpc) is 3.17. The molecule has 0 aromatic heterocycles. The lowest BCUT2D eigenvalue weighted by atomic mass is 10.2. The number of hydrogen-bond acceptors (Lipinski definition) is 5. The van der Waals surface area contributed by atoms with Gasteiger partial charge in [0, 0.05) is 19.2 Å². The second-order valence-electron chi connectivity index (χ2n) is 6.13. The molecule has 0 bridgehead atoms. The third-order valence-corrected chi connectivity index (χ3v) is 6.11. The lowest BCUT2D eigenvalue weighted by molar-refractivity contribution is -0.385. The molecule has 1 saturated heterocycles. The quantitative estimate of drug-likeness (QED) is 0.539. The molecule has 1 heterocycles. The third kappa shape index (κ3) is 4.09. The number of ether oxygens (including phenoxy) is 1. The maximum Gasteiger partial charge on any atom is 0.416 e. The molecule has 28 heavy (non-hydrogen) atoms. The van der Waals surface area contributed by atoms with Gasteiger partial charge in [-0.2, -0.15) is 17.5 Å². The first-order chi connectivity index (χ1) is 13.1. The molecule has 150 valence electrons. The molecule has 7 nitrogen and oxygen atoms in total. The Hall–Kier alpha value is -2.66. The van der Waals surface area contributed by atoms with Gasteiger partial charge in [-0.25, -0.2) is 8.42 Å². The maximum absolute atomic E-state index is 12.8. The molecular weight excluding hydrogens is 401 g/mol. The number of benzene rings is 2. The van der Waals surface area contributed by atoms with Crippen molar-refractivity contribution in [3.8, 4) is 11.5 Å². The van der Waals surface area contributed by atoms with Crippen LogP contribution in [0.4, 0.5) is 18.9 Å². The Bertz CT molecular complexity index is 1000. The number of nitro groups is 1. The normalized spacial score (nSPS) is 15.5. The van der Waals surface area contributed by atoms with Crippen LogP contribution in [-0.4, -0.2) is 30.7 Å². The summed E-state index contributed by atoms with van der Waals surface area (Å²) in [6.45, 7) is 0.664. The van der Waals surface area contributed by atoms with Crippen molar-refractivity contribution in [3.63, 3.8) is 0 Å². The topological polar surface area (TPSA) is 89.8 Å². The first kappa shape index (κ1) is 20.1. The molecule has 0 spiro atoms. The molecule has 2 aromatic rings. The molecule has 0 unspecified atom stereocenters. The average molecular weight is 416 g/mol. The van der Waals surface area contributed by atoms with Crippen LogP contribution in [-0.2, 0) is 16.2 Å². The highest BCUT2D eigenvalue weighted by Gasteiger charge is 2.32. The van der Waals surface area contributed by atoms with Gasteiger partial charge >= 0.3 is 11.9 Å². The summed E-state index contributed by atoms with van der Waals surface area (Å²) in [6, 6.07) is 6.94. The molecule has 0 N–H and O–H groups in total. The van der Waals surface area contributed by atoms with Crippen molar-refractivity contribution in [2.45, 2.75) is 23.9 Å². The highest BCUT2D eigenvalue weighted by molar-refractivity contribution is 7.89. The van der Waals surface area contributed by atoms with Crippen LogP contribution in [0.2, 0.25) is 0 Å². The van der Waals surface area contributed by atoms with Crippen molar-refractivity contribution in [1.82, 2.24) is 4.31 Å². The van der Waals surface area contributed by atoms with E-state index in [4.69, 9.17) is 4.74 Å². The van der Waals surface area contributed by atoms with Crippen LogP contribution in [0.5, 0.6) is 11.5 Å². The minimum absolute atomic E-state index is 0.256. The van der Waals surface area contributed by atoms with Gasteiger partial charge in [-0.1, -0.05) is 6.07 Å². The molecule has 1 aliphatic rings. The molecule has 0 amide bonds. The number of sulfonamides is 1. The molecule has 2 aromatic carbocycles. The summed E-state index contributed by atoms with van der Waals surface area (Å²) in [7, 11) is -3.89. The molecule has 11 heteroatoms. The van der Waals surface area contributed by atoms with E-state index < -0.39 is 32.4 Å². The Labute approximate surface area is 158 Å². The molecule has 1 fully saturated rings. The van der Waals surface area contributed by atoms with Crippen molar-refractivity contribution in [3.05, 3.63) is 58.1 Å². The first-order valence-corrected chi connectivity index (χ1v) is 9.67. The molecular formula is C17H15F3N2O5S. The van der Waals surface area contributed by atoms with E-state index in [-0.39, 0.29) is 16.4 Å². The number of halogens is 3. The summed E-state index contributed by atoms with van der Waals surface area (Å²) in [4.78, 5) is 10.3. The van der Waals surface area contributed by atoms with E-state index in [1.165, 1.54) is 10.4 Å². The number of nitro benzene ring substituents is 1. The Morgan fingerprint density at radius 2 is 1.75 bits per heavy atom. The van der Waals surface area contributed by atoms with E-state index >= 15 is 0 Å². The predicted molar refractivity (Wildman–Crippen MR) is 92.6 cm³/mol. The summed E-state index contributed by atoms with van der Waals surface area (Å²) >= 11 is 0. The van der Waals surface area contributed by atoms with Gasteiger partial charge in [0.05, 0.1) is 15.4 Å². The van der Waals surface area contributed by atoms with Crippen LogP contribution < -0.4 is 4.74 Å². The zero-order valence-corrected chi connectivity index (χ0v) is 15.2. The summed E-state index contributed by atoms with van der Waals surface area (Å²) in [5.74, 6) is -0.613. The molecule has 0 saturated carbocycles. The van der Waals surface area contributed by atoms with E-state index in [1.54, 1.807) is 0 Å². The van der Waals surface area contributed by atoms with Crippen molar-refractivity contribution in [2.24, 2.45) is 0 Å².